The molecule has 0 aliphatic carbocycles. The Hall–Kier alpha value is -0.0231. The molecule has 0 spiro atoms. The van der Waals surface area contributed by atoms with Crippen LogP contribution in [0.2, 0.25) is 6.04 Å². The predicted octanol–water partition coefficient (Wildman–Crippen LogP) is -0.739. The summed E-state index contributed by atoms with van der Waals surface area (Å²) in [5.74, 6) is 0. The van der Waals surface area contributed by atoms with Crippen molar-refractivity contribution in [2.24, 2.45) is 17.2 Å². The molecule has 0 radical (unpaired) electrons. The zero-order chi connectivity index (χ0) is 12.3. The Bertz CT molecular complexity index is 141. The standard InChI is InChI=1S/C9H25N3O3Si/c1-2-13-16(9-3-4-10,14-7-5-11)15-8-6-12/h2-12H2,1H3. The van der Waals surface area contributed by atoms with Crippen LogP contribution >= 0.6 is 0 Å². The van der Waals surface area contributed by atoms with Crippen LogP contribution in [-0.4, -0.2) is 48.3 Å². The topological polar surface area (TPSA) is 106 Å². The molecule has 6 N–H and O–H groups in total. The smallest absolute Gasteiger partial charge is 0.374 e. The number of hydrogen-bond donors (Lipinski definition) is 3. The first-order valence-electron chi connectivity index (χ1n) is 5.76. The summed E-state index contributed by atoms with van der Waals surface area (Å²) in [6.45, 7) is 4.88. The van der Waals surface area contributed by atoms with Gasteiger partial charge in [0, 0.05) is 25.7 Å². The van der Waals surface area contributed by atoms with Gasteiger partial charge in [0.2, 0.25) is 0 Å². The van der Waals surface area contributed by atoms with E-state index in [4.69, 9.17) is 30.5 Å². The van der Waals surface area contributed by atoms with E-state index in [1.807, 2.05) is 6.92 Å². The molecule has 0 aromatic rings. The SMILES string of the molecule is CCO[Si](CCCN)(OCCN)OCCN. The fourth-order valence-corrected chi connectivity index (χ4v) is 3.93. The predicted molar refractivity (Wildman–Crippen MR) is 65.9 cm³/mol. The summed E-state index contributed by atoms with van der Waals surface area (Å²) < 4.78 is 17.0. The second-order valence-corrected chi connectivity index (χ2v) is 6.01. The van der Waals surface area contributed by atoms with Crippen LogP contribution in [0.3, 0.4) is 0 Å². The minimum atomic E-state index is -2.60. The van der Waals surface area contributed by atoms with Gasteiger partial charge >= 0.3 is 8.80 Å². The number of nitrogens with two attached hydrogens (primary N) is 3. The molecule has 0 saturated heterocycles. The third-order valence-electron chi connectivity index (χ3n) is 1.93. The van der Waals surface area contributed by atoms with Crippen LogP contribution in [0.5, 0.6) is 0 Å². The van der Waals surface area contributed by atoms with E-state index < -0.39 is 8.80 Å². The Labute approximate surface area is 98.8 Å². The highest BCUT2D eigenvalue weighted by atomic mass is 28.4. The van der Waals surface area contributed by atoms with Gasteiger partial charge in [0.05, 0.1) is 13.2 Å². The van der Waals surface area contributed by atoms with Gasteiger partial charge in [-0.1, -0.05) is 0 Å². The van der Waals surface area contributed by atoms with E-state index in [1.165, 1.54) is 0 Å². The van der Waals surface area contributed by atoms with Crippen molar-refractivity contribution >= 4 is 8.80 Å². The molecular weight excluding hydrogens is 226 g/mol. The molecule has 6 nitrogen and oxygen atoms in total. The Morgan fingerprint density at radius 2 is 1.44 bits per heavy atom. The molecule has 0 aromatic carbocycles. The van der Waals surface area contributed by atoms with Crippen LogP contribution in [-0.2, 0) is 13.3 Å². The summed E-state index contributed by atoms with van der Waals surface area (Å²) in [7, 11) is -2.60. The first-order chi connectivity index (χ1) is 7.74. The van der Waals surface area contributed by atoms with E-state index >= 15 is 0 Å². The lowest BCUT2D eigenvalue weighted by atomic mass is 10.5. The Kier molecular flexibility index (Phi) is 10.1. The van der Waals surface area contributed by atoms with Crippen molar-refractivity contribution in [1.82, 2.24) is 0 Å². The lowest BCUT2D eigenvalue weighted by Gasteiger charge is -2.29. The second-order valence-electron chi connectivity index (χ2n) is 3.28. The molecule has 0 aliphatic heterocycles. The second kappa shape index (κ2) is 10.2. The van der Waals surface area contributed by atoms with Crippen molar-refractivity contribution in [3.05, 3.63) is 0 Å². The maximum atomic E-state index is 5.68. The fraction of sp³-hybridized carbons (Fsp3) is 1.00. The molecule has 7 heteroatoms. The molecule has 0 fully saturated rings. The molecule has 16 heavy (non-hydrogen) atoms. The molecule has 0 saturated carbocycles. The normalized spacial score (nSPS) is 12.0. The molecule has 0 bridgehead atoms. The Balaban J connectivity index is 4.32. The summed E-state index contributed by atoms with van der Waals surface area (Å²) in [4.78, 5) is 0. The monoisotopic (exact) mass is 251 g/mol. The van der Waals surface area contributed by atoms with Gasteiger partial charge in [-0.15, -0.1) is 0 Å². The van der Waals surface area contributed by atoms with Gasteiger partial charge in [-0.2, -0.15) is 0 Å². The molecule has 98 valence electrons. The van der Waals surface area contributed by atoms with E-state index in [0.29, 0.717) is 39.5 Å². The molecule has 0 atom stereocenters. The van der Waals surface area contributed by atoms with Crippen molar-refractivity contribution in [2.75, 3.05) is 39.5 Å². The molecule has 0 unspecified atom stereocenters. The minimum absolute atomic E-state index is 0.446. The van der Waals surface area contributed by atoms with E-state index in [0.717, 1.165) is 12.5 Å². The first-order valence-corrected chi connectivity index (χ1v) is 7.70. The Morgan fingerprint density at radius 1 is 0.875 bits per heavy atom. The number of rotatable bonds is 11. The van der Waals surface area contributed by atoms with Gasteiger partial charge in [0.15, 0.2) is 0 Å². The van der Waals surface area contributed by atoms with Gasteiger partial charge in [-0.05, 0) is 19.9 Å². The van der Waals surface area contributed by atoms with Crippen molar-refractivity contribution in [2.45, 2.75) is 19.4 Å². The molecule has 0 aliphatic rings. The highest BCUT2D eigenvalue weighted by molar-refractivity contribution is 6.60. The first kappa shape index (κ1) is 16.0. The van der Waals surface area contributed by atoms with Crippen LogP contribution in [0, 0.1) is 0 Å². The molecule has 0 rings (SSSR count). The average molecular weight is 251 g/mol. The minimum Gasteiger partial charge on any atom is -0.374 e. The van der Waals surface area contributed by atoms with E-state index in [2.05, 4.69) is 0 Å². The van der Waals surface area contributed by atoms with Crippen molar-refractivity contribution in [3.63, 3.8) is 0 Å². The van der Waals surface area contributed by atoms with E-state index in [9.17, 15) is 0 Å². The van der Waals surface area contributed by atoms with E-state index in [-0.39, 0.29) is 0 Å². The third-order valence-corrected chi connectivity index (χ3v) is 4.91. The van der Waals surface area contributed by atoms with Gasteiger partial charge in [-0.25, -0.2) is 0 Å². The lowest BCUT2D eigenvalue weighted by Crippen LogP contribution is -2.48. The van der Waals surface area contributed by atoms with E-state index in [1.54, 1.807) is 0 Å². The fourth-order valence-electron chi connectivity index (χ4n) is 1.31. The highest BCUT2D eigenvalue weighted by Crippen LogP contribution is 2.17. The van der Waals surface area contributed by atoms with Crippen molar-refractivity contribution < 1.29 is 13.3 Å². The van der Waals surface area contributed by atoms with Gasteiger partial charge in [0.1, 0.15) is 0 Å². The Morgan fingerprint density at radius 3 is 1.81 bits per heavy atom. The summed E-state index contributed by atoms with van der Waals surface area (Å²) in [6.07, 6.45) is 0.821. The number of hydrogen-bond acceptors (Lipinski definition) is 6. The molecule has 0 heterocycles. The molecule has 0 aromatic heterocycles. The summed E-state index contributed by atoms with van der Waals surface area (Å²) >= 11 is 0. The van der Waals surface area contributed by atoms with Crippen molar-refractivity contribution in [3.8, 4) is 0 Å². The highest BCUT2D eigenvalue weighted by Gasteiger charge is 2.39. The molecule has 0 amide bonds. The van der Waals surface area contributed by atoms with Gasteiger partial charge in [0.25, 0.3) is 0 Å². The van der Waals surface area contributed by atoms with Gasteiger partial charge in [-0.3, -0.25) is 0 Å². The van der Waals surface area contributed by atoms with Crippen LogP contribution in [0.15, 0.2) is 0 Å². The summed E-state index contributed by atoms with van der Waals surface area (Å²) in [5, 5.41) is 0. The maximum absolute atomic E-state index is 5.68. The molecular formula is C9H25N3O3Si. The zero-order valence-corrected chi connectivity index (χ0v) is 11.1. The summed E-state index contributed by atoms with van der Waals surface area (Å²) in [5.41, 5.74) is 16.3. The van der Waals surface area contributed by atoms with Crippen LogP contribution < -0.4 is 17.2 Å². The quantitative estimate of drug-likeness (QED) is 0.418. The average Bonchev–Trinajstić information content (AvgIpc) is 2.31. The van der Waals surface area contributed by atoms with Crippen molar-refractivity contribution in [1.29, 1.82) is 0 Å². The van der Waals surface area contributed by atoms with Crippen LogP contribution in [0.4, 0.5) is 0 Å². The van der Waals surface area contributed by atoms with Crippen LogP contribution in [0.1, 0.15) is 13.3 Å². The third kappa shape index (κ3) is 6.54. The summed E-state index contributed by atoms with van der Waals surface area (Å²) in [6, 6.07) is 0.720. The lowest BCUT2D eigenvalue weighted by molar-refractivity contribution is 0.0672. The zero-order valence-electron chi connectivity index (χ0n) is 10.1. The largest absolute Gasteiger partial charge is 0.501 e. The van der Waals surface area contributed by atoms with Gasteiger partial charge < -0.3 is 30.5 Å². The maximum Gasteiger partial charge on any atom is 0.501 e. The van der Waals surface area contributed by atoms with Crippen LogP contribution in [0.25, 0.3) is 0 Å².